The molecule has 1 amide bonds. The Hall–Kier alpha value is -2.90. The van der Waals surface area contributed by atoms with Crippen LogP contribution in [0, 0.1) is 0 Å². The first-order valence-electron chi connectivity index (χ1n) is 8.99. The highest BCUT2D eigenvalue weighted by molar-refractivity contribution is 6.04. The van der Waals surface area contributed by atoms with Gasteiger partial charge in [-0.15, -0.1) is 0 Å². The van der Waals surface area contributed by atoms with E-state index in [0.29, 0.717) is 54.5 Å². The van der Waals surface area contributed by atoms with Gasteiger partial charge in [0.2, 0.25) is 0 Å². The zero-order valence-corrected chi connectivity index (χ0v) is 15.8. The zero-order valence-electron chi connectivity index (χ0n) is 15.8. The van der Waals surface area contributed by atoms with Gasteiger partial charge in [0.05, 0.1) is 12.9 Å². The fourth-order valence-corrected chi connectivity index (χ4v) is 2.24. The van der Waals surface area contributed by atoms with Crippen LogP contribution in [0.4, 0.5) is 10.1 Å². The predicted octanol–water partition coefficient (Wildman–Crippen LogP) is 3.55. The topological polar surface area (TPSA) is 82.8 Å². The first-order valence-corrected chi connectivity index (χ1v) is 8.99. The monoisotopic (exact) mass is 388 g/mol. The van der Waals surface area contributed by atoms with Crippen LogP contribution < -0.4 is 20.5 Å². The third kappa shape index (κ3) is 7.02. The lowest BCUT2D eigenvalue weighted by Gasteiger charge is -2.10. The number of carbonyl (C=O) groups excluding carboxylic acids is 1. The van der Waals surface area contributed by atoms with E-state index in [1.807, 2.05) is 13.0 Å². The average Bonchev–Trinajstić information content (AvgIpc) is 2.73. The number of carbonyl (C=O) groups is 1. The highest BCUT2D eigenvalue weighted by Gasteiger charge is 2.07. The van der Waals surface area contributed by atoms with Crippen LogP contribution in [0.25, 0.3) is 0 Å². The van der Waals surface area contributed by atoms with Crippen molar-refractivity contribution in [1.82, 2.24) is 0 Å². The van der Waals surface area contributed by atoms with E-state index >= 15 is 0 Å². The molecule has 0 spiro atoms. The molecule has 6 nitrogen and oxygen atoms in total. The molecule has 7 heteroatoms. The van der Waals surface area contributed by atoms with Crippen LogP contribution in [0.5, 0.6) is 11.5 Å². The summed E-state index contributed by atoms with van der Waals surface area (Å²) in [6.07, 6.45) is 0.441. The highest BCUT2D eigenvalue weighted by Crippen LogP contribution is 2.19. The molecule has 2 aromatic carbocycles. The number of anilines is 1. The number of rotatable bonds is 11. The number of nitrogens with two attached hydrogens (primary N) is 1. The molecule has 0 radical (unpaired) electrons. The smallest absolute Gasteiger partial charge is 0.255 e. The number of hydrogen-bond donors (Lipinski definition) is 2. The molecule has 0 atom stereocenters. The molecule has 0 fully saturated rings. The maximum atomic E-state index is 12.5. The van der Waals surface area contributed by atoms with Crippen molar-refractivity contribution in [2.75, 3.05) is 38.3 Å². The molecule has 0 aliphatic carbocycles. The maximum absolute atomic E-state index is 12.5. The van der Waals surface area contributed by atoms with E-state index in [4.69, 9.17) is 19.9 Å². The Morgan fingerprint density at radius 3 is 2.57 bits per heavy atom. The van der Waals surface area contributed by atoms with Gasteiger partial charge in [0.15, 0.2) is 0 Å². The van der Waals surface area contributed by atoms with E-state index in [0.717, 1.165) is 0 Å². The summed E-state index contributed by atoms with van der Waals surface area (Å²) in [5, 5.41) is 2.82. The number of benzene rings is 2. The molecule has 3 N–H and O–H groups in total. The lowest BCUT2D eigenvalue weighted by molar-refractivity contribution is 0.102. The molecule has 0 aliphatic rings. The van der Waals surface area contributed by atoms with E-state index in [-0.39, 0.29) is 19.1 Å². The molecule has 0 aliphatic heterocycles. The summed E-state index contributed by atoms with van der Waals surface area (Å²) < 4.78 is 28.7. The highest BCUT2D eigenvalue weighted by atomic mass is 19.1. The van der Waals surface area contributed by atoms with Crippen molar-refractivity contribution < 1.29 is 23.4 Å². The molecule has 0 bridgehead atoms. The Bertz CT molecular complexity index is 778. The molecule has 2 rings (SSSR count). The molecule has 2 aromatic rings. The second kappa shape index (κ2) is 11.7. The average molecular weight is 388 g/mol. The fourth-order valence-electron chi connectivity index (χ4n) is 2.24. The summed E-state index contributed by atoms with van der Waals surface area (Å²) >= 11 is 0. The van der Waals surface area contributed by atoms with Crippen molar-refractivity contribution >= 4 is 11.6 Å². The van der Waals surface area contributed by atoms with Crippen molar-refractivity contribution in [2.45, 2.75) is 6.92 Å². The van der Waals surface area contributed by atoms with E-state index in [1.165, 1.54) is 0 Å². The zero-order chi connectivity index (χ0) is 20.2. The quantitative estimate of drug-likeness (QED) is 0.575. The van der Waals surface area contributed by atoms with Crippen LogP contribution in [0.15, 0.2) is 60.4 Å². The Labute approximate surface area is 164 Å². The molecule has 28 heavy (non-hydrogen) atoms. The molecule has 0 unspecified atom stereocenters. The van der Waals surface area contributed by atoms with E-state index in [9.17, 15) is 9.18 Å². The summed E-state index contributed by atoms with van der Waals surface area (Å²) in [6, 6.07) is 13.7. The second-order valence-electron chi connectivity index (χ2n) is 5.81. The summed E-state index contributed by atoms with van der Waals surface area (Å²) in [6.45, 7) is 3.67. The number of hydrogen-bond acceptors (Lipinski definition) is 5. The van der Waals surface area contributed by atoms with Crippen molar-refractivity contribution in [3.8, 4) is 11.5 Å². The predicted molar refractivity (Wildman–Crippen MR) is 107 cm³/mol. The molecule has 0 saturated heterocycles. The Morgan fingerprint density at radius 2 is 1.89 bits per heavy atom. The minimum absolute atomic E-state index is 0.0641. The number of amides is 1. The largest absolute Gasteiger partial charge is 0.491 e. The third-order valence-electron chi connectivity index (χ3n) is 3.75. The van der Waals surface area contributed by atoms with Gasteiger partial charge in [-0.1, -0.05) is 6.07 Å². The lowest BCUT2D eigenvalue weighted by Crippen LogP contribution is -2.13. The van der Waals surface area contributed by atoms with Crippen LogP contribution >= 0.6 is 0 Å². The summed E-state index contributed by atoms with van der Waals surface area (Å²) in [4.78, 5) is 12.4. The van der Waals surface area contributed by atoms with Gasteiger partial charge in [0.25, 0.3) is 5.91 Å². The first-order chi connectivity index (χ1) is 13.7. The Kier molecular flexibility index (Phi) is 8.97. The number of halogens is 1. The number of nitrogens with one attached hydrogen (secondary N) is 1. The molecular weight excluding hydrogens is 363 g/mol. The standard InChI is InChI=1S/C21H25FN2O4/c1-2-26-10-11-27-20-5-3-4-18(12-20)24-21(25)17-6-8-19(9-7-17)28-15-16(13-22)14-23/h3-9,12-13H,2,10-11,14-15,23H2,1H3,(H,24,25). The first kappa shape index (κ1) is 21.4. The van der Waals surface area contributed by atoms with E-state index in [1.54, 1.807) is 42.5 Å². The summed E-state index contributed by atoms with van der Waals surface area (Å²) in [5.74, 6) is 0.913. The fraction of sp³-hybridized carbons (Fsp3) is 0.286. The molecule has 150 valence electrons. The summed E-state index contributed by atoms with van der Waals surface area (Å²) in [7, 11) is 0. The van der Waals surface area contributed by atoms with Gasteiger partial charge in [-0.2, -0.15) is 0 Å². The molecule has 0 saturated carbocycles. The SMILES string of the molecule is CCOCCOc1cccc(NC(=O)c2ccc(OCC(=CF)CN)cc2)c1. The van der Waals surface area contributed by atoms with Crippen LogP contribution in [-0.4, -0.2) is 38.9 Å². The van der Waals surface area contributed by atoms with Crippen molar-refractivity contribution in [3.63, 3.8) is 0 Å². The molecule has 0 aromatic heterocycles. The molecular formula is C21H25FN2O4. The third-order valence-corrected chi connectivity index (χ3v) is 3.75. The Morgan fingerprint density at radius 1 is 1.11 bits per heavy atom. The van der Waals surface area contributed by atoms with Gasteiger partial charge in [-0.25, -0.2) is 4.39 Å². The van der Waals surface area contributed by atoms with Gasteiger partial charge in [-0.3, -0.25) is 4.79 Å². The van der Waals surface area contributed by atoms with Crippen molar-refractivity contribution in [2.24, 2.45) is 5.73 Å². The van der Waals surface area contributed by atoms with Crippen LogP contribution in [-0.2, 0) is 4.74 Å². The maximum Gasteiger partial charge on any atom is 0.255 e. The summed E-state index contributed by atoms with van der Waals surface area (Å²) in [5.41, 5.74) is 6.82. The van der Waals surface area contributed by atoms with Crippen LogP contribution in [0.1, 0.15) is 17.3 Å². The lowest BCUT2D eigenvalue weighted by atomic mass is 10.2. The minimum atomic E-state index is -0.260. The number of ether oxygens (including phenoxy) is 3. The van der Waals surface area contributed by atoms with Crippen LogP contribution in [0.2, 0.25) is 0 Å². The van der Waals surface area contributed by atoms with Gasteiger partial charge in [-0.05, 0) is 43.3 Å². The van der Waals surface area contributed by atoms with Gasteiger partial charge < -0.3 is 25.3 Å². The minimum Gasteiger partial charge on any atom is -0.491 e. The van der Waals surface area contributed by atoms with Crippen LogP contribution in [0.3, 0.4) is 0 Å². The van der Waals surface area contributed by atoms with E-state index in [2.05, 4.69) is 5.32 Å². The van der Waals surface area contributed by atoms with Crippen molar-refractivity contribution in [3.05, 3.63) is 66.0 Å². The van der Waals surface area contributed by atoms with Crippen molar-refractivity contribution in [1.29, 1.82) is 0 Å². The van der Waals surface area contributed by atoms with E-state index < -0.39 is 0 Å². The Balaban J connectivity index is 1.90. The molecule has 0 heterocycles. The van der Waals surface area contributed by atoms with Gasteiger partial charge in [0.1, 0.15) is 24.7 Å². The second-order valence-corrected chi connectivity index (χ2v) is 5.81. The normalized spacial score (nSPS) is 11.2. The van der Waals surface area contributed by atoms with Gasteiger partial charge >= 0.3 is 0 Å². The van der Waals surface area contributed by atoms with Gasteiger partial charge in [0, 0.05) is 36.0 Å².